The molecule has 3 rings (SSSR count). The van der Waals surface area contributed by atoms with Crippen LogP contribution in [0.3, 0.4) is 0 Å². The zero-order valence-corrected chi connectivity index (χ0v) is 16.1. The minimum atomic E-state index is -0.368. The largest absolute Gasteiger partial charge is 0.329 e. The summed E-state index contributed by atoms with van der Waals surface area (Å²) < 4.78 is -0.368. The molecule has 1 N–H and O–H groups in total. The van der Waals surface area contributed by atoms with Gasteiger partial charge in [-0.1, -0.05) is 41.7 Å². The lowest BCUT2D eigenvalue weighted by molar-refractivity contribution is 0.0730. The number of amides is 1. The summed E-state index contributed by atoms with van der Waals surface area (Å²) in [5, 5.41) is 5.24. The van der Waals surface area contributed by atoms with E-state index in [0.717, 1.165) is 12.3 Å². The summed E-state index contributed by atoms with van der Waals surface area (Å²) in [5.41, 5.74) is 3.35. The Morgan fingerprint density at radius 3 is 2.61 bits per heavy atom. The maximum atomic E-state index is 12.8. The quantitative estimate of drug-likeness (QED) is 0.563. The zero-order chi connectivity index (χ0) is 16.8. The third-order valence-electron chi connectivity index (χ3n) is 4.00. The number of alkyl halides is 1. The van der Waals surface area contributed by atoms with E-state index in [1.165, 1.54) is 12.1 Å². The van der Waals surface area contributed by atoms with Gasteiger partial charge < -0.3 is 9.80 Å². The molecule has 124 valence electrons. The third kappa shape index (κ3) is 3.02. The minimum absolute atomic E-state index is 0.220. The molecule has 1 atom stereocenters. The maximum absolute atomic E-state index is 12.8. The van der Waals surface area contributed by atoms with Crippen LogP contribution in [0.1, 0.15) is 23.7 Å². The van der Waals surface area contributed by atoms with E-state index < -0.39 is 0 Å². The van der Waals surface area contributed by atoms with Gasteiger partial charge in [-0.2, -0.15) is 5.10 Å². The number of halogens is 4. The second-order valence-electron chi connectivity index (χ2n) is 5.38. The maximum Gasteiger partial charge on any atom is 0.257 e. The molecule has 9 heteroatoms. The molecule has 0 aliphatic carbocycles. The zero-order valence-electron chi connectivity index (χ0n) is 12.2. The highest BCUT2D eigenvalue weighted by atomic mass is 79.9. The van der Waals surface area contributed by atoms with Gasteiger partial charge in [-0.15, -0.1) is 0 Å². The molecule has 0 radical (unpaired) electrons. The van der Waals surface area contributed by atoms with Crippen molar-refractivity contribution in [1.29, 1.82) is 0 Å². The molecular weight excluding hydrogens is 426 g/mol. The molecule has 1 fully saturated rings. The van der Waals surface area contributed by atoms with Crippen molar-refractivity contribution in [3.8, 4) is 0 Å². The molecule has 1 unspecified atom stereocenters. The van der Waals surface area contributed by atoms with Crippen LogP contribution in [0, 0.1) is 0 Å². The van der Waals surface area contributed by atoms with Crippen molar-refractivity contribution in [3.63, 3.8) is 0 Å². The van der Waals surface area contributed by atoms with Gasteiger partial charge in [0, 0.05) is 18.1 Å². The Morgan fingerprint density at radius 2 is 2.00 bits per heavy atom. The van der Waals surface area contributed by atoms with Gasteiger partial charge in [0.25, 0.3) is 5.91 Å². The number of carbonyl (C=O) groups is 1. The van der Waals surface area contributed by atoms with Crippen LogP contribution >= 0.6 is 50.7 Å². The van der Waals surface area contributed by atoms with Gasteiger partial charge in [0.1, 0.15) is 5.84 Å². The molecule has 0 spiro atoms. The average Bonchev–Trinajstić information content (AvgIpc) is 2.84. The van der Waals surface area contributed by atoms with Gasteiger partial charge in [0.15, 0.2) is 4.57 Å². The van der Waals surface area contributed by atoms with Crippen LogP contribution in [-0.4, -0.2) is 45.7 Å². The number of piperazine rings is 1. The molecule has 0 aromatic heterocycles. The number of benzene rings is 1. The van der Waals surface area contributed by atoms with E-state index in [0.29, 0.717) is 24.7 Å². The lowest BCUT2D eigenvalue weighted by atomic mass is 10.1. The van der Waals surface area contributed by atoms with E-state index in [4.69, 9.17) is 34.8 Å². The van der Waals surface area contributed by atoms with Gasteiger partial charge in [-0.05, 0) is 34.5 Å². The monoisotopic (exact) mass is 438 g/mol. The summed E-state index contributed by atoms with van der Waals surface area (Å²) in [5.74, 6) is 0.590. The standard InChI is InChI=1S/C14H14BrCl3N4O/c1-2-14(15)20-19-11-7-21(3-4-22(11)14)13(23)12-9(17)5-8(16)6-10(12)18/h5-6,20H,2-4,7H2,1H3. The number of hydrogen-bond acceptors (Lipinski definition) is 4. The Balaban J connectivity index is 1.82. The van der Waals surface area contributed by atoms with Crippen LogP contribution in [0.4, 0.5) is 0 Å². The Kier molecular flexibility index (Phi) is 4.71. The van der Waals surface area contributed by atoms with Crippen molar-refractivity contribution in [2.45, 2.75) is 17.9 Å². The SMILES string of the molecule is CCC1(Br)NN=C2CN(C(=O)c3c(Cl)cc(Cl)cc3Cl)CCN21. The first kappa shape index (κ1) is 17.1. The van der Waals surface area contributed by atoms with Crippen LogP contribution < -0.4 is 5.43 Å². The summed E-state index contributed by atoms with van der Waals surface area (Å²) in [6.07, 6.45) is 0.836. The summed E-state index contributed by atoms with van der Waals surface area (Å²) in [4.78, 5) is 16.6. The predicted molar refractivity (Wildman–Crippen MR) is 96.6 cm³/mol. The Hall–Kier alpha value is -0.690. The fourth-order valence-corrected chi connectivity index (χ4v) is 4.17. The lowest BCUT2D eigenvalue weighted by Crippen LogP contribution is -2.57. The van der Waals surface area contributed by atoms with E-state index in [1.807, 2.05) is 0 Å². The Labute approximate surface area is 157 Å². The molecule has 2 aliphatic rings. The second-order valence-corrected chi connectivity index (χ2v) is 7.94. The fourth-order valence-electron chi connectivity index (χ4n) is 2.72. The van der Waals surface area contributed by atoms with Crippen molar-refractivity contribution in [1.82, 2.24) is 15.2 Å². The van der Waals surface area contributed by atoms with Gasteiger partial charge >= 0.3 is 0 Å². The van der Waals surface area contributed by atoms with E-state index in [1.54, 1.807) is 4.90 Å². The number of rotatable bonds is 2. The molecule has 1 aromatic rings. The number of carbonyl (C=O) groups excluding carboxylic acids is 1. The first-order valence-corrected chi connectivity index (χ1v) is 9.02. The molecule has 23 heavy (non-hydrogen) atoms. The van der Waals surface area contributed by atoms with E-state index in [9.17, 15) is 4.79 Å². The highest BCUT2D eigenvalue weighted by Crippen LogP contribution is 2.33. The smallest absolute Gasteiger partial charge is 0.257 e. The van der Waals surface area contributed by atoms with Gasteiger partial charge in [-0.3, -0.25) is 10.2 Å². The van der Waals surface area contributed by atoms with Crippen molar-refractivity contribution in [2.75, 3.05) is 19.6 Å². The van der Waals surface area contributed by atoms with Crippen LogP contribution in [0.15, 0.2) is 17.2 Å². The van der Waals surface area contributed by atoms with Crippen LogP contribution in [0.2, 0.25) is 15.1 Å². The number of hydrazone groups is 1. The van der Waals surface area contributed by atoms with Gasteiger partial charge in [0.2, 0.25) is 0 Å². The summed E-state index contributed by atoms with van der Waals surface area (Å²) in [6.45, 7) is 3.68. The number of hydrogen-bond donors (Lipinski definition) is 1. The highest BCUT2D eigenvalue weighted by molar-refractivity contribution is 9.10. The van der Waals surface area contributed by atoms with E-state index in [2.05, 4.69) is 38.3 Å². The Bertz CT molecular complexity index is 676. The molecule has 2 heterocycles. The first-order chi connectivity index (χ1) is 10.9. The molecule has 1 saturated heterocycles. The van der Waals surface area contributed by atoms with Gasteiger partial charge in [-0.25, -0.2) is 0 Å². The lowest BCUT2D eigenvalue weighted by Gasteiger charge is -2.40. The summed E-state index contributed by atoms with van der Waals surface area (Å²) in [6, 6.07) is 3.04. The van der Waals surface area contributed by atoms with Crippen LogP contribution in [0.25, 0.3) is 0 Å². The van der Waals surface area contributed by atoms with Crippen molar-refractivity contribution in [3.05, 3.63) is 32.8 Å². The minimum Gasteiger partial charge on any atom is -0.329 e. The molecule has 5 nitrogen and oxygen atoms in total. The van der Waals surface area contributed by atoms with Crippen molar-refractivity contribution in [2.24, 2.45) is 5.10 Å². The molecule has 0 saturated carbocycles. The normalized spacial score (nSPS) is 23.4. The van der Waals surface area contributed by atoms with E-state index >= 15 is 0 Å². The fraction of sp³-hybridized carbons (Fsp3) is 0.429. The Morgan fingerprint density at radius 1 is 1.35 bits per heavy atom. The average molecular weight is 441 g/mol. The van der Waals surface area contributed by atoms with Crippen LogP contribution in [-0.2, 0) is 0 Å². The molecule has 0 bridgehead atoms. The third-order valence-corrected chi connectivity index (χ3v) is 5.98. The van der Waals surface area contributed by atoms with E-state index in [-0.39, 0.29) is 26.1 Å². The first-order valence-electron chi connectivity index (χ1n) is 7.10. The van der Waals surface area contributed by atoms with Gasteiger partial charge in [0.05, 0.1) is 22.2 Å². The highest BCUT2D eigenvalue weighted by Gasteiger charge is 2.42. The molecule has 2 aliphatic heterocycles. The topological polar surface area (TPSA) is 47.9 Å². The number of nitrogens with one attached hydrogen (secondary N) is 1. The summed E-state index contributed by atoms with van der Waals surface area (Å²) >= 11 is 21.9. The van der Waals surface area contributed by atoms with Crippen molar-refractivity contribution >= 4 is 62.5 Å². The van der Waals surface area contributed by atoms with Crippen LogP contribution in [0.5, 0.6) is 0 Å². The molecular formula is C14H14BrCl3N4O. The number of nitrogens with zero attached hydrogens (tertiary/aromatic N) is 3. The summed E-state index contributed by atoms with van der Waals surface area (Å²) in [7, 11) is 0. The second kappa shape index (κ2) is 6.31. The molecule has 1 amide bonds. The number of fused-ring (bicyclic) bond motifs is 1. The molecule has 1 aromatic carbocycles. The van der Waals surface area contributed by atoms with Crippen molar-refractivity contribution < 1.29 is 4.79 Å². The predicted octanol–water partition coefficient (Wildman–Crippen LogP) is 3.78. The number of amidine groups is 1.